The van der Waals surface area contributed by atoms with Gasteiger partial charge in [-0.25, -0.2) is 0 Å². The van der Waals surface area contributed by atoms with Gasteiger partial charge in [-0.3, -0.25) is 4.90 Å². The fourth-order valence-corrected chi connectivity index (χ4v) is 1.61. The zero-order valence-electron chi connectivity index (χ0n) is 9.15. The molecule has 1 saturated carbocycles. The molecule has 1 aliphatic rings. The van der Waals surface area contributed by atoms with Crippen LogP contribution in [0.3, 0.4) is 0 Å². The number of nitrogens with two attached hydrogens (primary N) is 1. The lowest BCUT2D eigenvalue weighted by Crippen LogP contribution is -2.25. The molecule has 1 fully saturated rings. The lowest BCUT2D eigenvalue weighted by Gasteiger charge is -2.17. The van der Waals surface area contributed by atoms with Crippen molar-refractivity contribution < 1.29 is 4.52 Å². The fraction of sp³-hybridized carbons (Fsp3) is 0.800. The molecule has 0 amide bonds. The minimum absolute atomic E-state index is 0.321. The number of rotatable bonds is 6. The second kappa shape index (κ2) is 4.72. The van der Waals surface area contributed by atoms with Crippen LogP contribution in [-0.4, -0.2) is 28.1 Å². The number of hydrogen-bond acceptors (Lipinski definition) is 5. The van der Waals surface area contributed by atoms with E-state index in [9.17, 15) is 0 Å². The molecule has 0 aromatic carbocycles. The summed E-state index contributed by atoms with van der Waals surface area (Å²) in [6, 6.07) is 0. The van der Waals surface area contributed by atoms with Crippen molar-refractivity contribution in [2.45, 2.75) is 32.9 Å². The van der Waals surface area contributed by atoms with E-state index in [0.29, 0.717) is 12.4 Å². The third-order valence-corrected chi connectivity index (χ3v) is 2.71. The van der Waals surface area contributed by atoms with Crippen molar-refractivity contribution >= 4 is 0 Å². The molecule has 0 spiro atoms. The first-order chi connectivity index (χ1) is 7.31. The van der Waals surface area contributed by atoms with E-state index < -0.39 is 0 Å². The predicted molar refractivity (Wildman–Crippen MR) is 55.9 cm³/mol. The Kier molecular flexibility index (Phi) is 3.33. The Morgan fingerprint density at radius 2 is 2.33 bits per heavy atom. The summed E-state index contributed by atoms with van der Waals surface area (Å²) in [6.45, 7) is 5.44. The van der Waals surface area contributed by atoms with Crippen LogP contribution < -0.4 is 5.73 Å². The highest BCUT2D eigenvalue weighted by atomic mass is 16.5. The number of aromatic nitrogens is 2. The molecule has 1 aliphatic carbocycles. The van der Waals surface area contributed by atoms with Crippen molar-refractivity contribution in [3.05, 3.63) is 11.7 Å². The Morgan fingerprint density at radius 3 is 2.87 bits per heavy atom. The molecule has 0 radical (unpaired) electrons. The topological polar surface area (TPSA) is 68.2 Å². The van der Waals surface area contributed by atoms with Gasteiger partial charge in [-0.15, -0.1) is 0 Å². The number of nitrogens with zero attached hydrogens (tertiary/aromatic N) is 3. The summed E-state index contributed by atoms with van der Waals surface area (Å²) in [5.41, 5.74) is 5.41. The van der Waals surface area contributed by atoms with E-state index >= 15 is 0 Å². The van der Waals surface area contributed by atoms with Crippen molar-refractivity contribution in [2.75, 3.05) is 13.1 Å². The second-order valence-electron chi connectivity index (χ2n) is 4.08. The summed E-state index contributed by atoms with van der Waals surface area (Å²) in [6.07, 6.45) is 2.74. The number of hydrogen-bond donors (Lipinski definition) is 1. The van der Waals surface area contributed by atoms with Crippen LogP contribution in [0.1, 0.15) is 31.5 Å². The van der Waals surface area contributed by atoms with Gasteiger partial charge in [-0.05, 0) is 25.3 Å². The normalized spacial score (nSPS) is 16.2. The van der Waals surface area contributed by atoms with Crippen molar-refractivity contribution in [3.8, 4) is 0 Å². The summed E-state index contributed by atoms with van der Waals surface area (Å²) < 4.78 is 4.97. The highest BCUT2D eigenvalue weighted by Gasteiger charge is 2.24. The minimum atomic E-state index is 0.321. The van der Waals surface area contributed by atoms with Gasteiger partial charge >= 0.3 is 0 Å². The molecule has 5 heteroatoms. The quantitative estimate of drug-likeness (QED) is 0.750. The molecule has 0 unspecified atom stereocenters. The Morgan fingerprint density at radius 1 is 1.53 bits per heavy atom. The third kappa shape index (κ3) is 3.00. The van der Waals surface area contributed by atoms with Gasteiger partial charge in [-0.2, -0.15) is 4.98 Å². The average Bonchev–Trinajstić information content (AvgIpc) is 2.95. The molecule has 1 aromatic rings. The third-order valence-electron chi connectivity index (χ3n) is 2.71. The van der Waals surface area contributed by atoms with Crippen LogP contribution in [-0.2, 0) is 13.1 Å². The summed E-state index contributed by atoms with van der Waals surface area (Å²) in [5.74, 6) is 2.16. The van der Waals surface area contributed by atoms with Gasteiger partial charge in [0.1, 0.15) is 0 Å². The lowest BCUT2D eigenvalue weighted by molar-refractivity contribution is 0.256. The maximum absolute atomic E-state index is 5.41. The molecule has 15 heavy (non-hydrogen) atoms. The Labute approximate surface area is 89.6 Å². The van der Waals surface area contributed by atoms with E-state index in [1.165, 1.54) is 12.8 Å². The van der Waals surface area contributed by atoms with E-state index in [-0.39, 0.29) is 0 Å². The summed E-state index contributed by atoms with van der Waals surface area (Å²) in [5, 5.41) is 3.89. The first-order valence-corrected chi connectivity index (χ1v) is 5.55. The Bertz CT molecular complexity index is 308. The molecule has 0 saturated heterocycles. The van der Waals surface area contributed by atoms with E-state index in [1.807, 2.05) is 0 Å². The molecule has 2 N–H and O–H groups in total. The highest BCUT2D eigenvalue weighted by Crippen LogP contribution is 2.29. The van der Waals surface area contributed by atoms with Gasteiger partial charge < -0.3 is 10.3 Å². The second-order valence-corrected chi connectivity index (χ2v) is 4.08. The van der Waals surface area contributed by atoms with Crippen molar-refractivity contribution in [3.63, 3.8) is 0 Å². The fourth-order valence-electron chi connectivity index (χ4n) is 1.61. The van der Waals surface area contributed by atoms with Crippen molar-refractivity contribution in [2.24, 2.45) is 11.7 Å². The monoisotopic (exact) mass is 210 g/mol. The van der Waals surface area contributed by atoms with Gasteiger partial charge in [-0.1, -0.05) is 12.1 Å². The average molecular weight is 210 g/mol. The van der Waals surface area contributed by atoms with Crippen LogP contribution in [0.15, 0.2) is 4.52 Å². The van der Waals surface area contributed by atoms with Gasteiger partial charge in [0.2, 0.25) is 5.89 Å². The maximum atomic E-state index is 5.41. The highest BCUT2D eigenvalue weighted by molar-refractivity contribution is 4.87. The summed E-state index contributed by atoms with van der Waals surface area (Å²) in [7, 11) is 0. The predicted octanol–water partition coefficient (Wildman–Crippen LogP) is 0.760. The van der Waals surface area contributed by atoms with E-state index in [1.54, 1.807) is 0 Å². The molecule has 0 atom stereocenters. The van der Waals surface area contributed by atoms with Gasteiger partial charge in [0.25, 0.3) is 0 Å². The molecule has 1 heterocycles. The van der Waals surface area contributed by atoms with Crippen molar-refractivity contribution in [1.29, 1.82) is 0 Å². The van der Waals surface area contributed by atoms with Crippen LogP contribution in [0.4, 0.5) is 0 Å². The largest absolute Gasteiger partial charge is 0.338 e. The molecule has 5 nitrogen and oxygen atoms in total. The van der Waals surface area contributed by atoms with Gasteiger partial charge in [0.15, 0.2) is 5.82 Å². The van der Waals surface area contributed by atoms with Crippen LogP contribution >= 0.6 is 0 Å². The minimum Gasteiger partial charge on any atom is -0.338 e. The SMILES string of the molecule is CCN(Cc1noc(CN)n1)CC1CC1. The van der Waals surface area contributed by atoms with Crippen LogP contribution in [0.5, 0.6) is 0 Å². The van der Waals surface area contributed by atoms with E-state index in [2.05, 4.69) is 22.0 Å². The zero-order valence-corrected chi connectivity index (χ0v) is 9.15. The maximum Gasteiger partial charge on any atom is 0.240 e. The first-order valence-electron chi connectivity index (χ1n) is 5.55. The lowest BCUT2D eigenvalue weighted by atomic mass is 10.3. The van der Waals surface area contributed by atoms with Crippen LogP contribution in [0.2, 0.25) is 0 Å². The molecule has 84 valence electrons. The molecule has 2 rings (SSSR count). The van der Waals surface area contributed by atoms with E-state index in [4.69, 9.17) is 10.3 Å². The van der Waals surface area contributed by atoms with Crippen LogP contribution in [0, 0.1) is 5.92 Å². The molecule has 1 aromatic heterocycles. The molecular weight excluding hydrogens is 192 g/mol. The molecule has 0 aliphatic heterocycles. The molecular formula is C10H18N4O. The summed E-state index contributed by atoms with van der Waals surface area (Å²) >= 11 is 0. The zero-order chi connectivity index (χ0) is 10.7. The first kappa shape index (κ1) is 10.6. The standard InChI is InChI=1S/C10H18N4O/c1-2-14(6-8-3-4-8)7-9-12-10(5-11)15-13-9/h8H,2-7,11H2,1H3. The molecule has 0 bridgehead atoms. The van der Waals surface area contributed by atoms with Crippen LogP contribution in [0.25, 0.3) is 0 Å². The van der Waals surface area contributed by atoms with Gasteiger partial charge in [0, 0.05) is 6.54 Å². The summed E-state index contributed by atoms with van der Waals surface area (Å²) in [4.78, 5) is 6.55. The smallest absolute Gasteiger partial charge is 0.240 e. The van der Waals surface area contributed by atoms with Crippen molar-refractivity contribution in [1.82, 2.24) is 15.0 Å². The Balaban J connectivity index is 1.86. The van der Waals surface area contributed by atoms with Gasteiger partial charge in [0.05, 0.1) is 13.1 Å². The Hall–Kier alpha value is -0.940. The van der Waals surface area contributed by atoms with E-state index in [0.717, 1.165) is 31.4 Å².